The molecule has 1 aromatic rings. The molecule has 2 rings (SSSR count). The van der Waals surface area contributed by atoms with Crippen LogP contribution in [0.25, 0.3) is 0 Å². The monoisotopic (exact) mass is 312 g/mol. The first-order valence-corrected chi connectivity index (χ1v) is 8.35. The SMILES string of the molecule is COc1ccc(S(N)(=O)=O)cc1CC(=O)NC(C)C1CC1. The minimum atomic E-state index is -3.80. The second-order valence-electron chi connectivity index (χ2n) is 5.39. The number of rotatable bonds is 6. The summed E-state index contributed by atoms with van der Waals surface area (Å²) in [5.74, 6) is 0.877. The van der Waals surface area contributed by atoms with Gasteiger partial charge in [-0.05, 0) is 43.9 Å². The topological polar surface area (TPSA) is 98.5 Å². The molecule has 21 heavy (non-hydrogen) atoms. The fraction of sp³-hybridized carbons (Fsp3) is 0.500. The molecule has 1 aromatic carbocycles. The van der Waals surface area contributed by atoms with Gasteiger partial charge in [-0.25, -0.2) is 13.6 Å². The number of ether oxygens (including phenoxy) is 1. The van der Waals surface area contributed by atoms with Gasteiger partial charge in [0.05, 0.1) is 18.4 Å². The van der Waals surface area contributed by atoms with E-state index in [1.54, 1.807) is 0 Å². The van der Waals surface area contributed by atoms with Crippen molar-refractivity contribution >= 4 is 15.9 Å². The van der Waals surface area contributed by atoms with Gasteiger partial charge < -0.3 is 10.1 Å². The fourth-order valence-corrected chi connectivity index (χ4v) is 2.83. The minimum absolute atomic E-state index is 0.0265. The quantitative estimate of drug-likeness (QED) is 0.811. The zero-order chi connectivity index (χ0) is 15.6. The Kier molecular flexibility index (Phi) is 4.53. The Bertz CT molecular complexity index is 638. The number of primary sulfonamides is 1. The van der Waals surface area contributed by atoms with Gasteiger partial charge in [0.2, 0.25) is 15.9 Å². The zero-order valence-electron chi connectivity index (χ0n) is 12.1. The van der Waals surface area contributed by atoms with Gasteiger partial charge >= 0.3 is 0 Å². The van der Waals surface area contributed by atoms with Gasteiger partial charge in [-0.1, -0.05) is 0 Å². The molecular formula is C14H20N2O4S. The number of hydrogen-bond donors (Lipinski definition) is 2. The molecule has 1 saturated carbocycles. The third-order valence-corrected chi connectivity index (χ3v) is 4.56. The second-order valence-corrected chi connectivity index (χ2v) is 6.95. The summed E-state index contributed by atoms with van der Waals surface area (Å²) < 4.78 is 27.9. The van der Waals surface area contributed by atoms with Gasteiger partial charge in [0.1, 0.15) is 5.75 Å². The van der Waals surface area contributed by atoms with Crippen molar-refractivity contribution in [2.45, 2.75) is 37.1 Å². The lowest BCUT2D eigenvalue weighted by Gasteiger charge is -2.14. The lowest BCUT2D eigenvalue weighted by molar-refractivity contribution is -0.121. The maximum atomic E-state index is 12.0. The molecular weight excluding hydrogens is 292 g/mol. The Labute approximate surface area is 124 Å². The van der Waals surface area contributed by atoms with Crippen LogP contribution in [0.2, 0.25) is 0 Å². The smallest absolute Gasteiger partial charge is 0.238 e. The number of amides is 1. The van der Waals surface area contributed by atoms with E-state index in [0.717, 1.165) is 12.8 Å². The largest absolute Gasteiger partial charge is 0.496 e. The third-order valence-electron chi connectivity index (χ3n) is 3.65. The molecule has 0 spiro atoms. The van der Waals surface area contributed by atoms with Gasteiger partial charge in [0.25, 0.3) is 0 Å². The Balaban J connectivity index is 2.14. The summed E-state index contributed by atoms with van der Waals surface area (Å²) >= 11 is 0. The van der Waals surface area contributed by atoms with Crippen LogP contribution in [0.3, 0.4) is 0 Å². The number of methoxy groups -OCH3 is 1. The highest BCUT2D eigenvalue weighted by Gasteiger charge is 2.29. The van der Waals surface area contributed by atoms with Crippen LogP contribution in [0.15, 0.2) is 23.1 Å². The molecule has 1 aliphatic carbocycles. The van der Waals surface area contributed by atoms with E-state index in [2.05, 4.69) is 5.32 Å². The first-order chi connectivity index (χ1) is 9.81. The summed E-state index contributed by atoms with van der Waals surface area (Å²) in [4.78, 5) is 12.0. The lowest BCUT2D eigenvalue weighted by Crippen LogP contribution is -2.35. The van der Waals surface area contributed by atoms with Crippen LogP contribution in [-0.4, -0.2) is 27.5 Å². The van der Waals surface area contributed by atoms with Crippen LogP contribution in [-0.2, 0) is 21.2 Å². The van der Waals surface area contributed by atoms with Crippen molar-refractivity contribution in [1.82, 2.24) is 5.32 Å². The summed E-state index contributed by atoms with van der Waals surface area (Å²) in [6.45, 7) is 1.98. The van der Waals surface area contributed by atoms with Gasteiger partial charge in [0.15, 0.2) is 0 Å². The number of carbonyl (C=O) groups is 1. The Morgan fingerprint density at radius 3 is 2.67 bits per heavy atom. The van der Waals surface area contributed by atoms with E-state index in [9.17, 15) is 13.2 Å². The van der Waals surface area contributed by atoms with Crippen molar-refractivity contribution < 1.29 is 17.9 Å². The van der Waals surface area contributed by atoms with Crippen molar-refractivity contribution in [2.24, 2.45) is 11.1 Å². The molecule has 1 atom stereocenters. The average molecular weight is 312 g/mol. The molecule has 0 radical (unpaired) electrons. The highest BCUT2D eigenvalue weighted by atomic mass is 32.2. The Morgan fingerprint density at radius 1 is 1.48 bits per heavy atom. The van der Waals surface area contributed by atoms with Crippen LogP contribution in [0.4, 0.5) is 0 Å². The minimum Gasteiger partial charge on any atom is -0.496 e. The van der Waals surface area contributed by atoms with E-state index in [0.29, 0.717) is 17.2 Å². The number of carbonyl (C=O) groups excluding carboxylic acids is 1. The molecule has 6 nitrogen and oxygen atoms in total. The summed E-state index contributed by atoms with van der Waals surface area (Å²) in [6, 6.07) is 4.40. The Morgan fingerprint density at radius 2 is 2.14 bits per heavy atom. The Hall–Kier alpha value is -1.60. The van der Waals surface area contributed by atoms with E-state index in [1.807, 2.05) is 6.92 Å². The van der Waals surface area contributed by atoms with Gasteiger partial charge in [-0.15, -0.1) is 0 Å². The van der Waals surface area contributed by atoms with Gasteiger partial charge in [-0.2, -0.15) is 0 Å². The molecule has 1 fully saturated rings. The van der Waals surface area contributed by atoms with Crippen LogP contribution >= 0.6 is 0 Å². The van der Waals surface area contributed by atoms with E-state index in [-0.39, 0.29) is 23.3 Å². The molecule has 0 bridgehead atoms. The molecule has 1 aliphatic rings. The van der Waals surface area contributed by atoms with Crippen LogP contribution in [0, 0.1) is 5.92 Å². The highest BCUT2D eigenvalue weighted by molar-refractivity contribution is 7.89. The molecule has 0 saturated heterocycles. The third kappa shape index (κ3) is 4.18. The number of nitrogens with two attached hydrogens (primary N) is 1. The highest BCUT2D eigenvalue weighted by Crippen LogP contribution is 2.32. The first kappa shape index (κ1) is 15.8. The predicted molar refractivity (Wildman–Crippen MR) is 78.4 cm³/mol. The number of nitrogens with one attached hydrogen (secondary N) is 1. The molecule has 1 amide bonds. The molecule has 0 aliphatic heterocycles. The van der Waals surface area contributed by atoms with E-state index < -0.39 is 10.0 Å². The van der Waals surface area contributed by atoms with Crippen molar-refractivity contribution in [3.05, 3.63) is 23.8 Å². The molecule has 7 heteroatoms. The van der Waals surface area contributed by atoms with Crippen LogP contribution in [0.1, 0.15) is 25.3 Å². The molecule has 1 unspecified atom stereocenters. The van der Waals surface area contributed by atoms with Crippen LogP contribution < -0.4 is 15.2 Å². The maximum Gasteiger partial charge on any atom is 0.238 e. The van der Waals surface area contributed by atoms with E-state index in [4.69, 9.17) is 9.88 Å². The van der Waals surface area contributed by atoms with E-state index >= 15 is 0 Å². The van der Waals surface area contributed by atoms with Crippen molar-refractivity contribution in [3.8, 4) is 5.75 Å². The molecule has 3 N–H and O–H groups in total. The van der Waals surface area contributed by atoms with Gasteiger partial charge in [0, 0.05) is 11.6 Å². The molecule has 116 valence electrons. The molecule has 0 heterocycles. The first-order valence-electron chi connectivity index (χ1n) is 6.80. The average Bonchev–Trinajstić information content (AvgIpc) is 3.21. The summed E-state index contributed by atoms with van der Waals surface area (Å²) in [6.07, 6.45) is 2.35. The number of hydrogen-bond acceptors (Lipinski definition) is 4. The summed E-state index contributed by atoms with van der Waals surface area (Å²) in [5.41, 5.74) is 0.504. The van der Waals surface area contributed by atoms with Crippen molar-refractivity contribution in [1.29, 1.82) is 0 Å². The summed E-state index contributed by atoms with van der Waals surface area (Å²) in [7, 11) is -2.33. The van der Waals surface area contributed by atoms with Crippen molar-refractivity contribution in [3.63, 3.8) is 0 Å². The lowest BCUT2D eigenvalue weighted by atomic mass is 10.1. The zero-order valence-corrected chi connectivity index (χ0v) is 12.9. The number of sulfonamides is 1. The van der Waals surface area contributed by atoms with Crippen LogP contribution in [0.5, 0.6) is 5.75 Å². The normalized spacial score (nSPS) is 16.3. The standard InChI is InChI=1S/C14H20N2O4S/c1-9(10-3-4-10)16-14(17)8-11-7-12(21(15,18)19)5-6-13(11)20-2/h5-7,9-10H,3-4,8H2,1-2H3,(H,16,17)(H2,15,18,19). The molecule has 0 aromatic heterocycles. The fourth-order valence-electron chi connectivity index (χ4n) is 2.26. The predicted octanol–water partition coefficient (Wildman–Crippen LogP) is 0.800. The van der Waals surface area contributed by atoms with Gasteiger partial charge in [-0.3, -0.25) is 4.79 Å². The van der Waals surface area contributed by atoms with E-state index in [1.165, 1.54) is 25.3 Å². The maximum absolute atomic E-state index is 12.0. The summed E-state index contributed by atoms with van der Waals surface area (Å²) in [5, 5.41) is 8.03. The second kappa shape index (κ2) is 6.03. The number of benzene rings is 1. The van der Waals surface area contributed by atoms with Crippen molar-refractivity contribution in [2.75, 3.05) is 7.11 Å².